The molecule has 3 aromatic rings. The van der Waals surface area contributed by atoms with Crippen molar-refractivity contribution in [1.82, 2.24) is 9.55 Å². The summed E-state index contributed by atoms with van der Waals surface area (Å²) in [6, 6.07) is 10.7. The van der Waals surface area contributed by atoms with Crippen molar-refractivity contribution in [3.8, 4) is 0 Å². The topological polar surface area (TPSA) is 110 Å². The first-order chi connectivity index (χ1) is 13.3. The van der Waals surface area contributed by atoms with Crippen molar-refractivity contribution in [3.05, 3.63) is 53.9 Å². The minimum absolute atomic E-state index is 0.0248. The summed E-state index contributed by atoms with van der Waals surface area (Å²) in [7, 11) is -3.99. The number of hydrogen-bond acceptors (Lipinski definition) is 5. The fourth-order valence-electron chi connectivity index (χ4n) is 3.46. The molecule has 0 bridgehead atoms. The van der Waals surface area contributed by atoms with Gasteiger partial charge < -0.3 is 9.67 Å². The summed E-state index contributed by atoms with van der Waals surface area (Å²) in [5.74, 6) is -1.00. The first-order valence-electron chi connectivity index (χ1n) is 8.74. The van der Waals surface area contributed by atoms with Crippen LogP contribution in [0.1, 0.15) is 29.5 Å². The highest BCUT2D eigenvalue weighted by Gasteiger charge is 2.42. The van der Waals surface area contributed by atoms with Crippen LogP contribution in [0.25, 0.3) is 11.0 Å². The summed E-state index contributed by atoms with van der Waals surface area (Å²) in [5, 5.41) is 9.19. The molecule has 0 fully saturated rings. The number of nitrogens with zero attached hydrogens (tertiary/aromatic N) is 3. The zero-order chi connectivity index (χ0) is 20.1. The summed E-state index contributed by atoms with van der Waals surface area (Å²) in [6.07, 6.45) is 1.37. The fourth-order valence-corrected chi connectivity index (χ4v) is 5.05. The number of carboxylic acids is 1. The minimum atomic E-state index is -3.99. The third-order valence-electron chi connectivity index (χ3n) is 4.63. The first kappa shape index (κ1) is 18.2. The molecule has 4 rings (SSSR count). The van der Waals surface area contributed by atoms with Crippen molar-refractivity contribution in [1.29, 1.82) is 0 Å². The molecular formula is C19H17N3O5S. The number of rotatable bonds is 5. The predicted octanol–water partition coefficient (Wildman–Crippen LogP) is 2.42. The Kier molecular flexibility index (Phi) is 4.19. The van der Waals surface area contributed by atoms with Crippen LogP contribution < -0.4 is 4.31 Å². The molecule has 2 heterocycles. The van der Waals surface area contributed by atoms with E-state index in [0.717, 1.165) is 10.7 Å². The molecule has 144 valence electrons. The number of aryl methyl sites for hydroxylation is 1. The SMILES string of the molecule is CCCc1nc2cc(N3C(=O)c4ccccc4S3(=O)=O)ccc2n1CC(=O)O. The molecule has 28 heavy (non-hydrogen) atoms. The van der Waals surface area contributed by atoms with Gasteiger partial charge in [-0.1, -0.05) is 19.1 Å². The third-order valence-corrected chi connectivity index (χ3v) is 6.40. The maximum Gasteiger partial charge on any atom is 0.323 e. The molecule has 1 aliphatic heterocycles. The molecule has 1 amide bonds. The van der Waals surface area contributed by atoms with Crippen molar-refractivity contribution in [2.75, 3.05) is 4.31 Å². The second kappa shape index (κ2) is 6.45. The van der Waals surface area contributed by atoms with E-state index in [1.54, 1.807) is 22.8 Å². The second-order valence-corrected chi connectivity index (χ2v) is 8.26. The highest BCUT2D eigenvalue weighted by molar-refractivity contribution is 7.94. The van der Waals surface area contributed by atoms with Crippen LogP contribution in [-0.2, 0) is 27.8 Å². The Balaban J connectivity index is 1.85. The van der Waals surface area contributed by atoms with E-state index in [-0.39, 0.29) is 22.7 Å². The summed E-state index contributed by atoms with van der Waals surface area (Å²) < 4.78 is 28.1. The third kappa shape index (κ3) is 2.66. The smallest absolute Gasteiger partial charge is 0.323 e. The number of anilines is 1. The minimum Gasteiger partial charge on any atom is -0.480 e. The Labute approximate surface area is 161 Å². The van der Waals surface area contributed by atoms with Crippen molar-refractivity contribution in [2.45, 2.75) is 31.2 Å². The molecule has 1 aromatic heterocycles. The van der Waals surface area contributed by atoms with Crippen molar-refractivity contribution in [2.24, 2.45) is 0 Å². The van der Waals surface area contributed by atoms with Gasteiger partial charge in [0.15, 0.2) is 0 Å². The van der Waals surface area contributed by atoms with Crippen LogP contribution in [0.15, 0.2) is 47.4 Å². The molecule has 1 aliphatic rings. The lowest BCUT2D eigenvalue weighted by atomic mass is 10.2. The van der Waals surface area contributed by atoms with E-state index in [2.05, 4.69) is 4.98 Å². The second-order valence-electron chi connectivity index (χ2n) is 6.50. The van der Waals surface area contributed by atoms with Gasteiger partial charge in [0.05, 0.1) is 22.3 Å². The van der Waals surface area contributed by atoms with Crippen molar-refractivity contribution < 1.29 is 23.1 Å². The Morgan fingerprint density at radius 2 is 1.93 bits per heavy atom. The maximum absolute atomic E-state index is 12.9. The number of carboxylic acid groups (broad SMARTS) is 1. The molecule has 0 radical (unpaired) electrons. The molecule has 8 nitrogen and oxygen atoms in total. The highest BCUT2D eigenvalue weighted by atomic mass is 32.2. The number of carbonyl (C=O) groups excluding carboxylic acids is 1. The zero-order valence-corrected chi connectivity index (χ0v) is 15.8. The molecule has 0 saturated carbocycles. The van der Waals surface area contributed by atoms with E-state index < -0.39 is 21.9 Å². The highest BCUT2D eigenvalue weighted by Crippen LogP contribution is 2.35. The number of aliphatic carboxylic acids is 1. The van der Waals surface area contributed by atoms with E-state index in [0.29, 0.717) is 23.3 Å². The summed E-state index contributed by atoms with van der Waals surface area (Å²) in [6.45, 7) is 1.72. The van der Waals surface area contributed by atoms with Crippen LogP contribution in [0.4, 0.5) is 5.69 Å². The van der Waals surface area contributed by atoms with Crippen LogP contribution in [-0.4, -0.2) is 35.0 Å². The molecule has 2 aromatic carbocycles. The molecular weight excluding hydrogens is 382 g/mol. The molecule has 0 saturated heterocycles. The van der Waals surface area contributed by atoms with Crippen molar-refractivity contribution in [3.63, 3.8) is 0 Å². The van der Waals surface area contributed by atoms with E-state index in [1.165, 1.54) is 24.3 Å². The fraction of sp³-hybridized carbons (Fsp3) is 0.211. The first-order valence-corrected chi connectivity index (χ1v) is 10.2. The predicted molar refractivity (Wildman–Crippen MR) is 102 cm³/mol. The van der Waals surface area contributed by atoms with E-state index in [1.807, 2.05) is 6.92 Å². The number of sulfonamides is 1. The van der Waals surface area contributed by atoms with Gasteiger partial charge in [-0.25, -0.2) is 13.4 Å². The van der Waals surface area contributed by atoms with Gasteiger partial charge in [-0.05, 0) is 36.8 Å². The van der Waals surface area contributed by atoms with E-state index in [4.69, 9.17) is 0 Å². The molecule has 9 heteroatoms. The summed E-state index contributed by atoms with van der Waals surface area (Å²) in [5.41, 5.74) is 1.33. The quantitative estimate of drug-likeness (QED) is 0.706. The molecule has 1 N–H and O–H groups in total. The molecule has 0 unspecified atom stereocenters. The zero-order valence-electron chi connectivity index (χ0n) is 15.0. The largest absolute Gasteiger partial charge is 0.480 e. The van der Waals surface area contributed by atoms with Gasteiger partial charge in [-0.3, -0.25) is 9.59 Å². The van der Waals surface area contributed by atoms with Crippen LogP contribution >= 0.6 is 0 Å². The van der Waals surface area contributed by atoms with Crippen molar-refractivity contribution >= 4 is 38.6 Å². The number of imidazole rings is 1. The van der Waals surface area contributed by atoms with Gasteiger partial charge in [0.2, 0.25) is 0 Å². The van der Waals surface area contributed by atoms with Crippen LogP contribution in [0.2, 0.25) is 0 Å². The standard InChI is InChI=1S/C19H17N3O5S/c1-2-5-17-20-14-10-12(8-9-15(14)21(17)11-18(23)24)22-19(25)13-6-3-4-7-16(13)28(22,26)27/h3-4,6-10H,2,5,11H2,1H3,(H,23,24). The molecule has 0 spiro atoms. The van der Waals surface area contributed by atoms with Gasteiger partial charge in [-0.2, -0.15) is 4.31 Å². The van der Waals surface area contributed by atoms with E-state index in [9.17, 15) is 23.1 Å². The summed E-state index contributed by atoms with van der Waals surface area (Å²) in [4.78, 5) is 28.4. The van der Waals surface area contributed by atoms with Crippen LogP contribution in [0, 0.1) is 0 Å². The number of carbonyl (C=O) groups is 2. The van der Waals surface area contributed by atoms with Gasteiger partial charge in [-0.15, -0.1) is 0 Å². The van der Waals surface area contributed by atoms with Gasteiger partial charge in [0, 0.05) is 6.42 Å². The average Bonchev–Trinajstić information content (AvgIpc) is 3.07. The normalized spacial score (nSPS) is 15.2. The Hall–Kier alpha value is -3.20. The van der Waals surface area contributed by atoms with Crippen LogP contribution in [0.3, 0.4) is 0 Å². The number of fused-ring (bicyclic) bond motifs is 2. The molecule has 0 aliphatic carbocycles. The number of amides is 1. The van der Waals surface area contributed by atoms with E-state index >= 15 is 0 Å². The number of benzene rings is 2. The maximum atomic E-state index is 12.9. The average molecular weight is 399 g/mol. The number of hydrogen-bond donors (Lipinski definition) is 1. The Bertz CT molecular complexity index is 1230. The summed E-state index contributed by atoms with van der Waals surface area (Å²) >= 11 is 0. The number of aromatic nitrogens is 2. The Morgan fingerprint density at radius 3 is 2.61 bits per heavy atom. The van der Waals surface area contributed by atoms with Gasteiger partial charge in [0.25, 0.3) is 15.9 Å². The van der Waals surface area contributed by atoms with Gasteiger partial charge >= 0.3 is 5.97 Å². The van der Waals surface area contributed by atoms with Gasteiger partial charge in [0.1, 0.15) is 17.3 Å². The lowest BCUT2D eigenvalue weighted by Gasteiger charge is -2.15. The lowest BCUT2D eigenvalue weighted by Crippen LogP contribution is -2.29. The molecule has 0 atom stereocenters. The Morgan fingerprint density at radius 1 is 1.18 bits per heavy atom. The van der Waals surface area contributed by atoms with Crippen LogP contribution in [0.5, 0.6) is 0 Å². The monoisotopic (exact) mass is 399 g/mol. The lowest BCUT2D eigenvalue weighted by molar-refractivity contribution is -0.137.